The predicted molar refractivity (Wildman–Crippen MR) is 87.8 cm³/mol. The van der Waals surface area contributed by atoms with Crippen LogP contribution in [0.5, 0.6) is 0 Å². The number of hydrogen-bond acceptors (Lipinski definition) is 3. The van der Waals surface area contributed by atoms with Gasteiger partial charge in [-0.2, -0.15) is 0 Å². The van der Waals surface area contributed by atoms with Crippen LogP contribution in [0, 0.1) is 6.92 Å². The van der Waals surface area contributed by atoms with Crippen LogP contribution in [0.1, 0.15) is 16.5 Å². The van der Waals surface area contributed by atoms with Gasteiger partial charge >= 0.3 is 0 Å². The predicted octanol–water partition coefficient (Wildman–Crippen LogP) is 4.39. The highest BCUT2D eigenvalue weighted by Gasteiger charge is 2.12. The third-order valence-electron chi connectivity index (χ3n) is 3.07. The number of imidazole rings is 1. The number of hydrogen-bond donors (Lipinski definition) is 0. The van der Waals surface area contributed by atoms with E-state index in [9.17, 15) is 0 Å². The topological polar surface area (TPSA) is 30.7 Å². The summed E-state index contributed by atoms with van der Waals surface area (Å²) in [7, 11) is 0. The maximum Gasteiger partial charge on any atom is 0.113 e. The Kier molecular flexibility index (Phi) is 4.10. The van der Waals surface area contributed by atoms with Crippen LogP contribution < -0.4 is 0 Å². The second-order valence-corrected chi connectivity index (χ2v) is 6.81. The van der Waals surface area contributed by atoms with Crippen molar-refractivity contribution < 1.29 is 0 Å². The first-order chi connectivity index (χ1) is 9.67. The van der Waals surface area contributed by atoms with E-state index >= 15 is 0 Å². The third-order valence-corrected chi connectivity index (χ3v) is 4.70. The van der Waals surface area contributed by atoms with Crippen LogP contribution in [0.3, 0.4) is 0 Å². The zero-order valence-corrected chi connectivity index (χ0v) is 14.1. The van der Waals surface area contributed by atoms with E-state index in [0.717, 1.165) is 45.0 Å². The zero-order chi connectivity index (χ0) is 14.1. The number of fused-ring (bicyclic) bond motifs is 1. The van der Waals surface area contributed by atoms with E-state index in [-0.39, 0.29) is 0 Å². The Morgan fingerprint density at radius 2 is 2.20 bits per heavy atom. The van der Waals surface area contributed by atoms with Crippen molar-refractivity contribution in [2.24, 2.45) is 0 Å². The first kappa shape index (κ1) is 14.0. The number of aromatic nitrogens is 3. The molecule has 1 aromatic carbocycles. The molecule has 0 radical (unpaired) electrons. The van der Waals surface area contributed by atoms with Gasteiger partial charge in [-0.05, 0) is 25.1 Å². The van der Waals surface area contributed by atoms with Crippen LogP contribution in [0.25, 0.3) is 11.0 Å². The molecule has 0 atom stereocenters. The summed E-state index contributed by atoms with van der Waals surface area (Å²) in [6.45, 7) is 2.77. The molecule has 20 heavy (non-hydrogen) atoms. The van der Waals surface area contributed by atoms with Gasteiger partial charge in [-0.3, -0.25) is 0 Å². The fourth-order valence-electron chi connectivity index (χ4n) is 2.22. The first-order valence-electron chi connectivity index (χ1n) is 6.29. The molecule has 3 rings (SSSR count). The number of nitrogens with zero attached hydrogens (tertiary/aromatic N) is 3. The molecular formula is C14H13BrClN3S. The summed E-state index contributed by atoms with van der Waals surface area (Å²) in [6.07, 6.45) is 0.762. The molecular weight excluding hydrogens is 358 g/mol. The third kappa shape index (κ3) is 2.75. The van der Waals surface area contributed by atoms with Crippen LogP contribution in [0.4, 0.5) is 0 Å². The molecule has 2 heterocycles. The lowest BCUT2D eigenvalue weighted by Crippen LogP contribution is -2.05. The van der Waals surface area contributed by atoms with Gasteiger partial charge in [-0.15, -0.1) is 22.9 Å². The second kappa shape index (κ2) is 5.84. The van der Waals surface area contributed by atoms with Gasteiger partial charge in [0, 0.05) is 27.8 Å². The lowest BCUT2D eigenvalue weighted by molar-refractivity contribution is 0.748. The van der Waals surface area contributed by atoms with Crippen molar-refractivity contribution in [2.75, 3.05) is 5.88 Å². The summed E-state index contributed by atoms with van der Waals surface area (Å²) in [6, 6.07) is 6.17. The lowest BCUT2D eigenvalue weighted by atomic mass is 10.3. The highest BCUT2D eigenvalue weighted by molar-refractivity contribution is 9.10. The number of thiazole rings is 1. The van der Waals surface area contributed by atoms with Crippen LogP contribution in [0.15, 0.2) is 28.1 Å². The largest absolute Gasteiger partial charge is 0.321 e. The van der Waals surface area contributed by atoms with Crippen molar-refractivity contribution >= 4 is 49.9 Å². The molecule has 104 valence electrons. The molecule has 0 amide bonds. The summed E-state index contributed by atoms with van der Waals surface area (Å²) < 4.78 is 3.25. The fourth-order valence-corrected chi connectivity index (χ4v) is 3.49. The maximum absolute atomic E-state index is 5.90. The molecule has 0 saturated heterocycles. The van der Waals surface area contributed by atoms with E-state index in [1.54, 1.807) is 11.3 Å². The molecule has 3 aromatic rings. The van der Waals surface area contributed by atoms with Crippen LogP contribution >= 0.6 is 38.9 Å². The average molecular weight is 371 g/mol. The van der Waals surface area contributed by atoms with Gasteiger partial charge in [0.15, 0.2) is 0 Å². The van der Waals surface area contributed by atoms with Crippen molar-refractivity contribution in [1.82, 2.24) is 14.5 Å². The van der Waals surface area contributed by atoms with Gasteiger partial charge in [0.05, 0.1) is 17.6 Å². The van der Waals surface area contributed by atoms with Crippen molar-refractivity contribution in [2.45, 2.75) is 19.9 Å². The summed E-state index contributed by atoms with van der Waals surface area (Å²) in [5, 5.41) is 3.17. The van der Waals surface area contributed by atoms with E-state index in [2.05, 4.69) is 36.9 Å². The molecule has 0 aliphatic heterocycles. The van der Waals surface area contributed by atoms with Crippen molar-refractivity contribution in [3.05, 3.63) is 44.6 Å². The first-order valence-corrected chi connectivity index (χ1v) is 8.49. The minimum atomic E-state index is 0.571. The van der Waals surface area contributed by atoms with Crippen LogP contribution in [-0.4, -0.2) is 20.4 Å². The van der Waals surface area contributed by atoms with E-state index in [1.807, 2.05) is 19.1 Å². The molecule has 0 aliphatic carbocycles. The summed E-state index contributed by atoms with van der Waals surface area (Å²) in [5.74, 6) is 1.59. The Hall–Kier alpha value is -0.910. The quantitative estimate of drug-likeness (QED) is 0.638. The number of halogens is 2. The Balaban J connectivity index is 2.08. The fraction of sp³-hybridized carbons (Fsp3) is 0.286. The van der Waals surface area contributed by atoms with E-state index in [1.165, 1.54) is 0 Å². The van der Waals surface area contributed by atoms with Crippen molar-refractivity contribution in [1.29, 1.82) is 0 Å². The Morgan fingerprint density at radius 3 is 2.90 bits per heavy atom. The molecule has 0 bridgehead atoms. The van der Waals surface area contributed by atoms with Crippen LogP contribution in [-0.2, 0) is 13.0 Å². The Bertz CT molecular complexity index is 750. The summed E-state index contributed by atoms with van der Waals surface area (Å²) in [5.41, 5.74) is 3.19. The molecule has 2 aromatic heterocycles. The minimum Gasteiger partial charge on any atom is -0.321 e. The molecule has 3 nitrogen and oxygen atoms in total. The molecule has 0 fully saturated rings. The second-order valence-electron chi connectivity index (χ2n) is 4.57. The SMILES string of the molecule is Cc1csc(Cn2c(CCCl)nc3cc(Br)ccc32)n1. The summed E-state index contributed by atoms with van der Waals surface area (Å²) in [4.78, 5) is 9.23. The number of benzene rings is 1. The summed E-state index contributed by atoms with van der Waals surface area (Å²) >= 11 is 11.1. The lowest BCUT2D eigenvalue weighted by Gasteiger charge is -2.06. The van der Waals surface area contributed by atoms with Gasteiger partial charge in [0.25, 0.3) is 0 Å². The number of alkyl halides is 1. The molecule has 0 spiro atoms. The van der Waals surface area contributed by atoms with E-state index in [4.69, 9.17) is 16.6 Å². The van der Waals surface area contributed by atoms with Gasteiger partial charge in [0.2, 0.25) is 0 Å². The normalized spacial score (nSPS) is 11.3. The zero-order valence-electron chi connectivity index (χ0n) is 10.9. The smallest absolute Gasteiger partial charge is 0.113 e. The Morgan fingerprint density at radius 1 is 1.35 bits per heavy atom. The highest BCUT2D eigenvalue weighted by Crippen LogP contribution is 2.23. The van der Waals surface area contributed by atoms with Gasteiger partial charge < -0.3 is 4.57 Å². The van der Waals surface area contributed by atoms with Gasteiger partial charge in [-0.25, -0.2) is 9.97 Å². The van der Waals surface area contributed by atoms with E-state index in [0.29, 0.717) is 5.88 Å². The van der Waals surface area contributed by atoms with Crippen molar-refractivity contribution in [3.63, 3.8) is 0 Å². The number of aryl methyl sites for hydroxylation is 2. The number of rotatable bonds is 4. The standard InChI is InChI=1S/C14H13BrClN3S/c1-9-8-20-14(17-9)7-19-12-3-2-10(15)6-11(12)18-13(19)4-5-16/h2-3,6,8H,4-5,7H2,1H3. The highest BCUT2D eigenvalue weighted by atomic mass is 79.9. The van der Waals surface area contributed by atoms with Crippen LogP contribution in [0.2, 0.25) is 0 Å². The Labute approximate surface area is 134 Å². The van der Waals surface area contributed by atoms with Gasteiger partial charge in [0.1, 0.15) is 10.8 Å². The average Bonchev–Trinajstić information content (AvgIpc) is 2.95. The molecule has 0 unspecified atom stereocenters. The molecule has 0 N–H and O–H groups in total. The molecule has 0 saturated carbocycles. The maximum atomic E-state index is 5.90. The minimum absolute atomic E-state index is 0.571. The molecule has 6 heteroatoms. The van der Waals surface area contributed by atoms with Crippen molar-refractivity contribution in [3.8, 4) is 0 Å². The van der Waals surface area contributed by atoms with E-state index < -0.39 is 0 Å². The van der Waals surface area contributed by atoms with Gasteiger partial charge in [-0.1, -0.05) is 15.9 Å². The monoisotopic (exact) mass is 369 g/mol. The molecule has 0 aliphatic rings.